The van der Waals surface area contributed by atoms with E-state index in [1.165, 1.54) is 18.4 Å². The summed E-state index contributed by atoms with van der Waals surface area (Å²) in [7, 11) is 0. The minimum atomic E-state index is 0.743. The van der Waals surface area contributed by atoms with E-state index in [0.29, 0.717) is 0 Å². The Morgan fingerprint density at radius 1 is 1.27 bits per heavy atom. The summed E-state index contributed by atoms with van der Waals surface area (Å²) in [6, 6.07) is 7.92. The Bertz CT molecular complexity index is 329. The minimum Gasteiger partial charge on any atom is -0.317 e. The SMILES string of the molecule is O=Cc1ccccc1CC1CCNCC1. The predicted octanol–water partition coefficient (Wildman–Crippen LogP) is 2.04. The van der Waals surface area contributed by atoms with Gasteiger partial charge in [-0.15, -0.1) is 0 Å². The summed E-state index contributed by atoms with van der Waals surface area (Å²) in [5, 5.41) is 3.36. The normalized spacial score (nSPS) is 17.6. The van der Waals surface area contributed by atoms with Gasteiger partial charge >= 0.3 is 0 Å². The molecule has 1 aromatic carbocycles. The second-order valence-electron chi connectivity index (χ2n) is 4.21. The lowest BCUT2D eigenvalue weighted by atomic mass is 9.89. The summed E-state index contributed by atoms with van der Waals surface area (Å²) in [6.07, 6.45) is 4.48. The number of piperidine rings is 1. The Labute approximate surface area is 90.7 Å². The lowest BCUT2D eigenvalue weighted by molar-refractivity contribution is 0.112. The topological polar surface area (TPSA) is 29.1 Å². The number of benzene rings is 1. The number of rotatable bonds is 3. The molecule has 0 aromatic heterocycles. The van der Waals surface area contributed by atoms with Crippen LogP contribution in [0.3, 0.4) is 0 Å². The summed E-state index contributed by atoms with van der Waals surface area (Å²) in [5.74, 6) is 0.743. The van der Waals surface area contributed by atoms with Crippen molar-refractivity contribution in [2.45, 2.75) is 19.3 Å². The highest BCUT2D eigenvalue weighted by atomic mass is 16.1. The molecule has 0 bridgehead atoms. The van der Waals surface area contributed by atoms with Gasteiger partial charge in [0.2, 0.25) is 0 Å². The molecular weight excluding hydrogens is 186 g/mol. The molecule has 1 saturated heterocycles. The summed E-state index contributed by atoms with van der Waals surface area (Å²) < 4.78 is 0. The first kappa shape index (κ1) is 10.4. The fourth-order valence-corrected chi connectivity index (χ4v) is 2.23. The number of hydrogen-bond donors (Lipinski definition) is 1. The van der Waals surface area contributed by atoms with Crippen LogP contribution in [0.25, 0.3) is 0 Å². The summed E-state index contributed by atoms with van der Waals surface area (Å²) >= 11 is 0. The standard InChI is InChI=1S/C13H17NO/c15-10-13-4-2-1-3-12(13)9-11-5-7-14-8-6-11/h1-4,10-11,14H,5-9H2. The third-order valence-electron chi connectivity index (χ3n) is 3.15. The Hall–Kier alpha value is -1.15. The predicted molar refractivity (Wildman–Crippen MR) is 61.1 cm³/mol. The molecule has 1 N–H and O–H groups in total. The molecule has 0 atom stereocenters. The van der Waals surface area contributed by atoms with E-state index in [0.717, 1.165) is 37.3 Å². The van der Waals surface area contributed by atoms with E-state index in [4.69, 9.17) is 0 Å². The third kappa shape index (κ3) is 2.66. The zero-order valence-corrected chi connectivity index (χ0v) is 8.91. The van der Waals surface area contributed by atoms with Gasteiger partial charge in [-0.05, 0) is 43.8 Å². The molecule has 0 amide bonds. The van der Waals surface area contributed by atoms with E-state index in [9.17, 15) is 4.79 Å². The molecule has 1 fully saturated rings. The molecule has 0 saturated carbocycles. The van der Waals surface area contributed by atoms with E-state index >= 15 is 0 Å². The molecule has 80 valence electrons. The van der Waals surface area contributed by atoms with E-state index < -0.39 is 0 Å². The van der Waals surface area contributed by atoms with Gasteiger partial charge in [-0.25, -0.2) is 0 Å². The lowest BCUT2D eigenvalue weighted by Crippen LogP contribution is -2.28. The Balaban J connectivity index is 2.05. The van der Waals surface area contributed by atoms with Crippen molar-refractivity contribution < 1.29 is 4.79 Å². The average molecular weight is 203 g/mol. The van der Waals surface area contributed by atoms with E-state index in [1.807, 2.05) is 18.2 Å². The maximum absolute atomic E-state index is 10.9. The van der Waals surface area contributed by atoms with Crippen molar-refractivity contribution in [2.24, 2.45) is 5.92 Å². The molecule has 1 aromatic rings. The highest BCUT2D eigenvalue weighted by Crippen LogP contribution is 2.19. The van der Waals surface area contributed by atoms with Crippen LogP contribution in [0.5, 0.6) is 0 Å². The number of carbonyl (C=O) groups is 1. The van der Waals surface area contributed by atoms with Crippen LogP contribution in [0.1, 0.15) is 28.8 Å². The van der Waals surface area contributed by atoms with Gasteiger partial charge in [-0.3, -0.25) is 4.79 Å². The maximum atomic E-state index is 10.9. The van der Waals surface area contributed by atoms with Crippen LogP contribution in [0.4, 0.5) is 0 Å². The first-order chi connectivity index (χ1) is 7.40. The molecule has 2 rings (SSSR count). The van der Waals surface area contributed by atoms with Gasteiger partial charge in [0.25, 0.3) is 0 Å². The Kier molecular flexibility index (Phi) is 3.51. The van der Waals surface area contributed by atoms with Crippen LogP contribution >= 0.6 is 0 Å². The third-order valence-corrected chi connectivity index (χ3v) is 3.15. The fraction of sp³-hybridized carbons (Fsp3) is 0.462. The first-order valence-corrected chi connectivity index (χ1v) is 5.64. The van der Waals surface area contributed by atoms with Crippen molar-refractivity contribution in [3.63, 3.8) is 0 Å². The van der Waals surface area contributed by atoms with E-state index in [-0.39, 0.29) is 0 Å². The molecule has 0 spiro atoms. The van der Waals surface area contributed by atoms with Gasteiger partial charge in [0, 0.05) is 5.56 Å². The molecular formula is C13H17NO. The number of nitrogens with one attached hydrogen (secondary N) is 1. The second-order valence-corrected chi connectivity index (χ2v) is 4.21. The summed E-state index contributed by atoms with van der Waals surface area (Å²) in [5.41, 5.74) is 2.07. The molecule has 2 nitrogen and oxygen atoms in total. The molecule has 1 aliphatic heterocycles. The van der Waals surface area contributed by atoms with Crippen molar-refractivity contribution in [3.8, 4) is 0 Å². The van der Waals surface area contributed by atoms with E-state index in [2.05, 4.69) is 11.4 Å². The molecule has 0 aliphatic carbocycles. The minimum absolute atomic E-state index is 0.743. The van der Waals surface area contributed by atoms with Gasteiger partial charge < -0.3 is 5.32 Å². The van der Waals surface area contributed by atoms with Crippen LogP contribution < -0.4 is 5.32 Å². The van der Waals surface area contributed by atoms with Gasteiger partial charge in [0.15, 0.2) is 0 Å². The number of carbonyl (C=O) groups excluding carboxylic acids is 1. The molecule has 0 radical (unpaired) electrons. The summed E-state index contributed by atoms with van der Waals surface area (Å²) in [4.78, 5) is 10.9. The number of hydrogen-bond acceptors (Lipinski definition) is 2. The van der Waals surface area contributed by atoms with Crippen LogP contribution in [0, 0.1) is 5.92 Å². The molecule has 2 heteroatoms. The van der Waals surface area contributed by atoms with Crippen molar-refractivity contribution >= 4 is 6.29 Å². The largest absolute Gasteiger partial charge is 0.317 e. The quantitative estimate of drug-likeness (QED) is 0.762. The van der Waals surface area contributed by atoms with Crippen LogP contribution in [-0.4, -0.2) is 19.4 Å². The van der Waals surface area contributed by atoms with Crippen LogP contribution in [0.15, 0.2) is 24.3 Å². The van der Waals surface area contributed by atoms with E-state index in [1.54, 1.807) is 0 Å². The van der Waals surface area contributed by atoms with Gasteiger partial charge in [0.05, 0.1) is 0 Å². The first-order valence-electron chi connectivity index (χ1n) is 5.64. The smallest absolute Gasteiger partial charge is 0.150 e. The van der Waals surface area contributed by atoms with Crippen molar-refractivity contribution in [2.75, 3.05) is 13.1 Å². The molecule has 15 heavy (non-hydrogen) atoms. The van der Waals surface area contributed by atoms with Crippen molar-refractivity contribution in [3.05, 3.63) is 35.4 Å². The van der Waals surface area contributed by atoms with Crippen molar-refractivity contribution in [1.29, 1.82) is 0 Å². The maximum Gasteiger partial charge on any atom is 0.150 e. The highest BCUT2D eigenvalue weighted by Gasteiger charge is 2.14. The Morgan fingerprint density at radius 2 is 2.00 bits per heavy atom. The lowest BCUT2D eigenvalue weighted by Gasteiger charge is -2.22. The molecule has 0 unspecified atom stereocenters. The van der Waals surface area contributed by atoms with Crippen LogP contribution in [0.2, 0.25) is 0 Å². The fourth-order valence-electron chi connectivity index (χ4n) is 2.23. The van der Waals surface area contributed by atoms with Gasteiger partial charge in [0.1, 0.15) is 6.29 Å². The van der Waals surface area contributed by atoms with Crippen molar-refractivity contribution in [1.82, 2.24) is 5.32 Å². The zero-order valence-electron chi connectivity index (χ0n) is 8.91. The van der Waals surface area contributed by atoms with Crippen LogP contribution in [-0.2, 0) is 6.42 Å². The Morgan fingerprint density at radius 3 is 2.73 bits per heavy atom. The number of aldehydes is 1. The molecule has 1 aliphatic rings. The van der Waals surface area contributed by atoms with Gasteiger partial charge in [-0.1, -0.05) is 24.3 Å². The summed E-state index contributed by atoms with van der Waals surface area (Å²) in [6.45, 7) is 2.24. The zero-order chi connectivity index (χ0) is 10.5. The molecule has 1 heterocycles. The second kappa shape index (κ2) is 5.08. The monoisotopic (exact) mass is 203 g/mol. The van der Waals surface area contributed by atoms with Gasteiger partial charge in [-0.2, -0.15) is 0 Å². The highest BCUT2D eigenvalue weighted by molar-refractivity contribution is 5.77. The average Bonchev–Trinajstić information content (AvgIpc) is 2.31.